The summed E-state index contributed by atoms with van der Waals surface area (Å²) in [6, 6.07) is 9.13. The van der Waals surface area contributed by atoms with Gasteiger partial charge in [0, 0.05) is 23.6 Å². The van der Waals surface area contributed by atoms with Gasteiger partial charge in [0.05, 0.1) is 0 Å². The first kappa shape index (κ1) is 12.6. The smallest absolute Gasteiger partial charge is 0.0331 e. The maximum Gasteiger partial charge on any atom is 0.0331 e. The molecule has 0 aliphatic carbocycles. The van der Waals surface area contributed by atoms with Gasteiger partial charge < -0.3 is 5.32 Å². The molecule has 2 fully saturated rings. The van der Waals surface area contributed by atoms with Crippen LogP contribution in [0.2, 0.25) is 0 Å². The third kappa shape index (κ3) is 2.24. The second-order valence-electron chi connectivity index (χ2n) is 5.84. The fraction of sp³-hybridized carbons (Fsp3) is 0.600. The van der Waals surface area contributed by atoms with E-state index in [0.717, 1.165) is 0 Å². The second-order valence-corrected chi connectivity index (χ2v) is 6.70. The molecular formula is C15H21BrN2. The van der Waals surface area contributed by atoms with Crippen LogP contribution in [0.5, 0.6) is 0 Å². The molecule has 0 aromatic heterocycles. The molecule has 2 heterocycles. The topological polar surface area (TPSA) is 15.3 Å². The molecule has 18 heavy (non-hydrogen) atoms. The van der Waals surface area contributed by atoms with Crippen LogP contribution < -0.4 is 5.32 Å². The Bertz CT molecular complexity index is 426. The number of nitrogens with one attached hydrogen (secondary N) is 1. The molecule has 2 nitrogen and oxygen atoms in total. The summed E-state index contributed by atoms with van der Waals surface area (Å²) in [5.74, 6) is 0. The van der Waals surface area contributed by atoms with Crippen molar-refractivity contribution in [3.63, 3.8) is 0 Å². The monoisotopic (exact) mass is 308 g/mol. The summed E-state index contributed by atoms with van der Waals surface area (Å²) in [5.41, 5.74) is 1.98. The lowest BCUT2D eigenvalue weighted by Gasteiger charge is -2.28. The van der Waals surface area contributed by atoms with Crippen LogP contribution >= 0.6 is 15.9 Å². The summed E-state index contributed by atoms with van der Waals surface area (Å²) in [6.45, 7) is 7.25. The van der Waals surface area contributed by atoms with Gasteiger partial charge in [0.1, 0.15) is 0 Å². The van der Waals surface area contributed by atoms with Gasteiger partial charge in [-0.25, -0.2) is 0 Å². The van der Waals surface area contributed by atoms with Crippen molar-refractivity contribution in [1.29, 1.82) is 0 Å². The van der Waals surface area contributed by atoms with Crippen LogP contribution in [0, 0.1) is 5.41 Å². The minimum absolute atomic E-state index is 0.514. The first-order chi connectivity index (χ1) is 8.70. The molecule has 0 radical (unpaired) electrons. The molecule has 2 aliphatic rings. The minimum atomic E-state index is 0.514. The quantitative estimate of drug-likeness (QED) is 0.902. The molecule has 0 amide bonds. The fourth-order valence-electron chi connectivity index (χ4n) is 3.45. The van der Waals surface area contributed by atoms with Gasteiger partial charge in [0.15, 0.2) is 0 Å². The summed E-state index contributed by atoms with van der Waals surface area (Å²) >= 11 is 3.68. The number of benzene rings is 1. The van der Waals surface area contributed by atoms with E-state index in [1.165, 1.54) is 49.1 Å². The number of likely N-dealkylation sites (tertiary alicyclic amines) is 1. The standard InChI is InChI=1S/C15H21BrN2/c1-12(13-4-2-3-5-14(13)16)18-9-7-15(11-18)6-8-17-10-15/h2-5,12,17H,6-11H2,1H3. The van der Waals surface area contributed by atoms with Crippen LogP contribution in [0.1, 0.15) is 31.4 Å². The van der Waals surface area contributed by atoms with E-state index in [-0.39, 0.29) is 0 Å². The maximum absolute atomic E-state index is 3.68. The number of nitrogens with zero attached hydrogens (tertiary/aromatic N) is 1. The predicted molar refractivity (Wildman–Crippen MR) is 78.7 cm³/mol. The highest BCUT2D eigenvalue weighted by atomic mass is 79.9. The highest BCUT2D eigenvalue weighted by Gasteiger charge is 2.41. The minimum Gasteiger partial charge on any atom is -0.316 e. The molecule has 1 aromatic rings. The van der Waals surface area contributed by atoms with Gasteiger partial charge >= 0.3 is 0 Å². The summed E-state index contributed by atoms with van der Waals surface area (Å²) in [4.78, 5) is 2.65. The zero-order valence-electron chi connectivity index (χ0n) is 11.0. The van der Waals surface area contributed by atoms with E-state index in [1.54, 1.807) is 0 Å². The Hall–Kier alpha value is -0.380. The Balaban J connectivity index is 1.74. The van der Waals surface area contributed by atoms with Crippen LogP contribution in [0.15, 0.2) is 28.7 Å². The van der Waals surface area contributed by atoms with Crippen LogP contribution in [-0.2, 0) is 0 Å². The van der Waals surface area contributed by atoms with E-state index in [1.807, 2.05) is 0 Å². The van der Waals surface area contributed by atoms with Crippen molar-refractivity contribution in [1.82, 2.24) is 10.2 Å². The number of hydrogen-bond donors (Lipinski definition) is 1. The van der Waals surface area contributed by atoms with Gasteiger partial charge in [-0.3, -0.25) is 4.90 Å². The van der Waals surface area contributed by atoms with E-state index < -0.39 is 0 Å². The maximum atomic E-state index is 3.68. The largest absolute Gasteiger partial charge is 0.316 e. The molecule has 1 N–H and O–H groups in total. The molecule has 0 bridgehead atoms. The first-order valence-electron chi connectivity index (χ1n) is 6.89. The Morgan fingerprint density at radius 2 is 2.17 bits per heavy atom. The van der Waals surface area contributed by atoms with E-state index in [2.05, 4.69) is 57.3 Å². The van der Waals surface area contributed by atoms with Crippen LogP contribution in [0.25, 0.3) is 0 Å². The summed E-state index contributed by atoms with van der Waals surface area (Å²) in [7, 11) is 0. The lowest BCUT2D eigenvalue weighted by Crippen LogP contribution is -2.30. The molecule has 1 spiro atoms. The van der Waals surface area contributed by atoms with Gasteiger partial charge in [-0.05, 0) is 49.9 Å². The van der Waals surface area contributed by atoms with E-state index in [9.17, 15) is 0 Å². The molecule has 2 unspecified atom stereocenters. The van der Waals surface area contributed by atoms with Gasteiger partial charge in [-0.1, -0.05) is 34.1 Å². The molecule has 2 aliphatic heterocycles. The molecule has 3 heteroatoms. The Morgan fingerprint density at radius 3 is 2.89 bits per heavy atom. The van der Waals surface area contributed by atoms with Crippen LogP contribution in [0.3, 0.4) is 0 Å². The lowest BCUT2D eigenvalue weighted by molar-refractivity contribution is 0.223. The molecule has 1 aromatic carbocycles. The van der Waals surface area contributed by atoms with E-state index in [4.69, 9.17) is 0 Å². The van der Waals surface area contributed by atoms with Crippen molar-refractivity contribution < 1.29 is 0 Å². The molecule has 98 valence electrons. The number of halogens is 1. The van der Waals surface area contributed by atoms with Gasteiger partial charge in [-0.2, -0.15) is 0 Å². The van der Waals surface area contributed by atoms with Crippen LogP contribution in [0.4, 0.5) is 0 Å². The highest BCUT2D eigenvalue weighted by Crippen LogP contribution is 2.40. The predicted octanol–water partition coefficient (Wildman–Crippen LogP) is 3.20. The number of rotatable bonds is 2. The summed E-state index contributed by atoms with van der Waals surface area (Å²) < 4.78 is 1.24. The third-order valence-electron chi connectivity index (χ3n) is 4.70. The Kier molecular flexibility index (Phi) is 3.48. The molecule has 2 saturated heterocycles. The molecule has 0 saturated carbocycles. The molecular weight excluding hydrogens is 288 g/mol. The van der Waals surface area contributed by atoms with Gasteiger partial charge in [-0.15, -0.1) is 0 Å². The zero-order valence-corrected chi connectivity index (χ0v) is 12.5. The Labute approximate surface area is 118 Å². The van der Waals surface area contributed by atoms with Crippen molar-refractivity contribution >= 4 is 15.9 Å². The first-order valence-corrected chi connectivity index (χ1v) is 7.69. The second kappa shape index (κ2) is 4.95. The SMILES string of the molecule is CC(c1ccccc1Br)N1CCC2(CCNC2)C1. The van der Waals surface area contributed by atoms with Gasteiger partial charge in [0.2, 0.25) is 0 Å². The van der Waals surface area contributed by atoms with Gasteiger partial charge in [0.25, 0.3) is 0 Å². The fourth-order valence-corrected chi connectivity index (χ4v) is 4.07. The highest BCUT2D eigenvalue weighted by molar-refractivity contribution is 9.10. The van der Waals surface area contributed by atoms with E-state index >= 15 is 0 Å². The lowest BCUT2D eigenvalue weighted by atomic mass is 9.86. The van der Waals surface area contributed by atoms with Crippen molar-refractivity contribution in [2.75, 3.05) is 26.2 Å². The average molecular weight is 309 g/mol. The van der Waals surface area contributed by atoms with Crippen molar-refractivity contribution in [2.45, 2.75) is 25.8 Å². The summed E-state index contributed by atoms with van der Waals surface area (Å²) in [6.07, 6.45) is 2.71. The van der Waals surface area contributed by atoms with Crippen molar-refractivity contribution in [3.05, 3.63) is 34.3 Å². The molecule has 3 rings (SSSR count). The van der Waals surface area contributed by atoms with E-state index in [0.29, 0.717) is 11.5 Å². The number of hydrogen-bond acceptors (Lipinski definition) is 2. The zero-order chi connectivity index (χ0) is 12.6. The van der Waals surface area contributed by atoms with Crippen molar-refractivity contribution in [2.24, 2.45) is 5.41 Å². The normalized spacial score (nSPS) is 30.1. The summed E-state index contributed by atoms with van der Waals surface area (Å²) in [5, 5.41) is 3.53. The molecule has 2 atom stereocenters. The average Bonchev–Trinajstić information content (AvgIpc) is 3.00. The van der Waals surface area contributed by atoms with Crippen molar-refractivity contribution in [3.8, 4) is 0 Å². The van der Waals surface area contributed by atoms with Crippen LogP contribution in [-0.4, -0.2) is 31.1 Å². The third-order valence-corrected chi connectivity index (χ3v) is 5.43. The Morgan fingerprint density at radius 1 is 1.33 bits per heavy atom.